The Hall–Kier alpha value is -4.46. The van der Waals surface area contributed by atoms with Crippen LogP contribution in [0.2, 0.25) is 0 Å². The number of aromatic amines is 1. The fourth-order valence-corrected chi connectivity index (χ4v) is 6.67. The summed E-state index contributed by atoms with van der Waals surface area (Å²) in [6.45, 7) is 12.2. The number of aromatic nitrogens is 2. The van der Waals surface area contributed by atoms with Crippen molar-refractivity contribution in [3.05, 3.63) is 96.1 Å². The molecule has 6 rings (SSSR count). The van der Waals surface area contributed by atoms with Crippen LogP contribution in [0.1, 0.15) is 38.8 Å². The lowest BCUT2D eigenvalue weighted by molar-refractivity contribution is 0.141. The zero-order valence-electron chi connectivity index (χ0n) is 29.7. The Kier molecular flexibility index (Phi) is 9.46. The molecule has 0 saturated carbocycles. The monoisotopic (exact) mass is 643 g/mol. The van der Waals surface area contributed by atoms with Gasteiger partial charge in [-0.15, -0.1) is 0 Å². The second kappa shape index (κ2) is 13.6. The lowest BCUT2D eigenvalue weighted by atomic mass is 9.94. The van der Waals surface area contributed by atoms with Gasteiger partial charge in [0.25, 0.3) is 0 Å². The van der Waals surface area contributed by atoms with Gasteiger partial charge in [0.05, 0.1) is 35.6 Å². The number of hydrogen-bond acceptors (Lipinski definition) is 6. The number of H-pyrrole nitrogens is 1. The summed E-state index contributed by atoms with van der Waals surface area (Å²) in [7, 11) is 8.38. The molecule has 0 bridgehead atoms. The Balaban J connectivity index is 1.12. The fourth-order valence-electron chi connectivity index (χ4n) is 6.67. The summed E-state index contributed by atoms with van der Waals surface area (Å²) >= 11 is 0. The summed E-state index contributed by atoms with van der Waals surface area (Å²) < 4.78 is 12.2. The van der Waals surface area contributed by atoms with E-state index in [0.29, 0.717) is 13.2 Å². The van der Waals surface area contributed by atoms with Crippen LogP contribution in [-0.4, -0.2) is 80.0 Å². The molecule has 250 valence electrons. The van der Waals surface area contributed by atoms with Gasteiger partial charge in [-0.2, -0.15) is 0 Å². The molecule has 0 fully saturated rings. The highest BCUT2D eigenvalue weighted by Crippen LogP contribution is 2.35. The SMILES string of the molecule is CN(C)CC(C)(C)COc1ccc(C2=Nc3cc(-c4ccc5nc(-c6ccc(OCC(C)(C)CN(C)C)cc6)[nH]c5c4)ccc3C2)cc1. The molecule has 1 aromatic heterocycles. The van der Waals surface area contributed by atoms with Crippen molar-refractivity contribution >= 4 is 22.4 Å². The van der Waals surface area contributed by atoms with Gasteiger partial charge in [0.15, 0.2) is 0 Å². The number of rotatable bonds is 13. The third-order valence-electron chi connectivity index (χ3n) is 8.58. The van der Waals surface area contributed by atoms with Gasteiger partial charge in [0, 0.05) is 35.9 Å². The average molecular weight is 644 g/mol. The number of fused-ring (bicyclic) bond motifs is 2. The zero-order valence-corrected chi connectivity index (χ0v) is 29.7. The minimum absolute atomic E-state index is 0.0670. The summed E-state index contributed by atoms with van der Waals surface area (Å²) in [4.78, 5) is 17.8. The maximum absolute atomic E-state index is 6.13. The molecule has 0 unspecified atom stereocenters. The van der Waals surface area contributed by atoms with E-state index in [1.807, 2.05) is 12.1 Å². The van der Waals surface area contributed by atoms with E-state index in [1.54, 1.807) is 0 Å². The molecule has 0 amide bonds. The van der Waals surface area contributed by atoms with Gasteiger partial charge in [0.2, 0.25) is 0 Å². The first kappa shape index (κ1) is 33.4. The minimum atomic E-state index is 0.0670. The molecule has 7 heteroatoms. The highest BCUT2D eigenvalue weighted by atomic mass is 16.5. The van der Waals surface area contributed by atoms with E-state index in [0.717, 1.165) is 81.5 Å². The number of aliphatic imine (C=N–C) groups is 1. The van der Waals surface area contributed by atoms with Gasteiger partial charge >= 0.3 is 0 Å². The molecule has 0 atom stereocenters. The normalized spacial score (nSPS) is 13.3. The molecule has 4 aromatic carbocycles. The number of imidazole rings is 1. The van der Waals surface area contributed by atoms with Gasteiger partial charge < -0.3 is 24.3 Å². The highest BCUT2D eigenvalue weighted by molar-refractivity contribution is 6.07. The van der Waals surface area contributed by atoms with Gasteiger partial charge in [-0.3, -0.25) is 4.99 Å². The lowest BCUT2D eigenvalue weighted by Crippen LogP contribution is -2.33. The molecule has 5 aromatic rings. The third kappa shape index (κ3) is 8.15. The van der Waals surface area contributed by atoms with E-state index < -0.39 is 0 Å². The smallest absolute Gasteiger partial charge is 0.138 e. The molecule has 0 aliphatic carbocycles. The first-order valence-corrected chi connectivity index (χ1v) is 16.8. The number of ether oxygens (including phenoxy) is 2. The average Bonchev–Trinajstić information content (AvgIpc) is 3.66. The first-order chi connectivity index (χ1) is 22.8. The molecular formula is C41H49N5O2. The van der Waals surface area contributed by atoms with Gasteiger partial charge in [-0.25, -0.2) is 4.98 Å². The maximum Gasteiger partial charge on any atom is 0.138 e. The molecular weight excluding hydrogens is 594 g/mol. The topological polar surface area (TPSA) is 66.0 Å². The quantitative estimate of drug-likeness (QED) is 0.139. The second-order valence-electron chi connectivity index (χ2n) is 15.3. The van der Waals surface area contributed by atoms with Crippen LogP contribution in [0.15, 0.2) is 89.9 Å². The fraction of sp³-hybridized carbons (Fsp3) is 0.366. The van der Waals surface area contributed by atoms with Crippen LogP contribution in [0, 0.1) is 10.8 Å². The highest BCUT2D eigenvalue weighted by Gasteiger charge is 2.22. The van der Waals surface area contributed by atoms with E-state index in [4.69, 9.17) is 19.5 Å². The van der Waals surface area contributed by atoms with Crippen molar-refractivity contribution in [3.63, 3.8) is 0 Å². The van der Waals surface area contributed by atoms with Crippen molar-refractivity contribution in [2.45, 2.75) is 34.1 Å². The zero-order chi connectivity index (χ0) is 34.1. The first-order valence-electron chi connectivity index (χ1n) is 16.8. The number of nitrogens with one attached hydrogen (secondary N) is 1. The largest absolute Gasteiger partial charge is 0.493 e. The molecule has 1 N–H and O–H groups in total. The molecule has 0 saturated heterocycles. The summed E-state index contributed by atoms with van der Waals surface area (Å²) in [6, 6.07) is 29.5. The van der Waals surface area contributed by atoms with Crippen molar-refractivity contribution in [3.8, 4) is 34.0 Å². The summed E-state index contributed by atoms with van der Waals surface area (Å²) in [6.07, 6.45) is 0.826. The Morgan fingerprint density at radius 3 is 1.75 bits per heavy atom. The summed E-state index contributed by atoms with van der Waals surface area (Å²) in [5.74, 6) is 2.61. The van der Waals surface area contributed by atoms with Crippen LogP contribution in [0.3, 0.4) is 0 Å². The van der Waals surface area contributed by atoms with E-state index in [2.05, 4.69) is 143 Å². The van der Waals surface area contributed by atoms with Crippen molar-refractivity contribution in [1.29, 1.82) is 0 Å². The van der Waals surface area contributed by atoms with Crippen LogP contribution in [0.5, 0.6) is 11.5 Å². The standard InChI is InChI=1S/C41H49N5O2/c1-40(2,24-45(5)6)26-47-33-16-11-28(12-17-33)36-23-32-10-9-30(21-37(32)42-36)31-15-20-35-38(22-31)44-39(43-35)29-13-18-34(19-14-29)48-27-41(3,4)25-46(7)8/h9-22H,23-27H2,1-8H3,(H,43,44). The predicted octanol–water partition coefficient (Wildman–Crippen LogP) is 8.51. The summed E-state index contributed by atoms with van der Waals surface area (Å²) in [5.41, 5.74) is 9.89. The van der Waals surface area contributed by atoms with Crippen molar-refractivity contribution in [2.24, 2.45) is 15.8 Å². The molecule has 48 heavy (non-hydrogen) atoms. The molecule has 7 nitrogen and oxygen atoms in total. The number of benzene rings is 4. The molecule has 1 aliphatic rings. The van der Waals surface area contributed by atoms with E-state index in [9.17, 15) is 0 Å². The maximum atomic E-state index is 6.13. The van der Waals surface area contributed by atoms with Crippen LogP contribution in [-0.2, 0) is 6.42 Å². The van der Waals surface area contributed by atoms with Crippen molar-refractivity contribution in [1.82, 2.24) is 19.8 Å². The number of hydrogen-bond donors (Lipinski definition) is 1. The Morgan fingerprint density at radius 2 is 1.17 bits per heavy atom. The van der Waals surface area contributed by atoms with E-state index >= 15 is 0 Å². The third-order valence-corrected chi connectivity index (χ3v) is 8.58. The van der Waals surface area contributed by atoms with Crippen molar-refractivity contribution in [2.75, 3.05) is 54.5 Å². The number of nitrogens with zero attached hydrogens (tertiary/aromatic N) is 4. The van der Waals surface area contributed by atoms with Crippen LogP contribution >= 0.6 is 0 Å². The van der Waals surface area contributed by atoms with Crippen molar-refractivity contribution < 1.29 is 9.47 Å². The van der Waals surface area contributed by atoms with Gasteiger partial charge in [-0.05, 0) is 117 Å². The lowest BCUT2D eigenvalue weighted by Gasteiger charge is -2.28. The Labute approximate surface area is 285 Å². The minimum Gasteiger partial charge on any atom is -0.493 e. The molecule has 1 aliphatic heterocycles. The van der Waals surface area contributed by atoms with E-state index in [1.165, 1.54) is 5.56 Å². The second-order valence-corrected chi connectivity index (χ2v) is 15.3. The molecule has 2 heterocycles. The van der Waals surface area contributed by atoms with Gasteiger partial charge in [-0.1, -0.05) is 45.9 Å². The predicted molar refractivity (Wildman–Crippen MR) is 199 cm³/mol. The molecule has 0 radical (unpaired) electrons. The van der Waals surface area contributed by atoms with E-state index in [-0.39, 0.29) is 10.8 Å². The van der Waals surface area contributed by atoms with Crippen LogP contribution in [0.25, 0.3) is 33.5 Å². The Bertz CT molecular complexity index is 1900. The van der Waals surface area contributed by atoms with Crippen LogP contribution in [0.4, 0.5) is 5.69 Å². The van der Waals surface area contributed by atoms with Crippen LogP contribution < -0.4 is 9.47 Å². The van der Waals surface area contributed by atoms with Gasteiger partial charge in [0.1, 0.15) is 17.3 Å². The summed E-state index contributed by atoms with van der Waals surface area (Å²) in [5, 5.41) is 0. The Morgan fingerprint density at radius 1 is 0.646 bits per heavy atom. The molecule has 0 spiro atoms.